The molecule has 0 saturated heterocycles. The molecule has 134 valence electrons. The van der Waals surface area contributed by atoms with Gasteiger partial charge in [-0.1, -0.05) is 39.7 Å². The Morgan fingerprint density at radius 3 is 2.88 bits per heavy atom. The van der Waals surface area contributed by atoms with Crippen LogP contribution in [-0.4, -0.2) is 12.0 Å². The topological polar surface area (TPSA) is 64.4 Å². The highest BCUT2D eigenvalue weighted by molar-refractivity contribution is 9.10. The van der Waals surface area contributed by atoms with Crippen LogP contribution in [-0.2, 0) is 0 Å². The van der Waals surface area contributed by atoms with Gasteiger partial charge in [-0.15, -0.1) is 0 Å². The second-order valence-electron chi connectivity index (χ2n) is 6.47. The van der Waals surface area contributed by atoms with Crippen LogP contribution in [0.25, 0.3) is 0 Å². The number of hydrogen-bond donors (Lipinski definition) is 1. The fourth-order valence-corrected chi connectivity index (χ4v) is 4.67. The summed E-state index contributed by atoms with van der Waals surface area (Å²) in [4.78, 5) is 11.2. The summed E-state index contributed by atoms with van der Waals surface area (Å²) in [6.07, 6.45) is 4.99. The number of halogens is 2. The summed E-state index contributed by atoms with van der Waals surface area (Å²) in [5.74, 6) is 0.878. The molecule has 1 aliphatic heterocycles. The van der Waals surface area contributed by atoms with E-state index in [0.29, 0.717) is 16.3 Å². The van der Waals surface area contributed by atoms with Crippen molar-refractivity contribution in [2.45, 2.75) is 18.4 Å². The van der Waals surface area contributed by atoms with E-state index in [1.54, 1.807) is 13.2 Å². The molecule has 7 heteroatoms. The van der Waals surface area contributed by atoms with Gasteiger partial charge in [0.1, 0.15) is 5.75 Å². The maximum atomic E-state index is 11.6. The van der Waals surface area contributed by atoms with Crippen molar-refractivity contribution in [3.8, 4) is 5.75 Å². The molecule has 0 aromatic heterocycles. The van der Waals surface area contributed by atoms with Gasteiger partial charge in [0, 0.05) is 22.0 Å². The van der Waals surface area contributed by atoms with E-state index in [1.807, 2.05) is 18.2 Å². The molecule has 2 aromatic rings. The van der Waals surface area contributed by atoms with Crippen LogP contribution < -0.4 is 10.1 Å². The Kier molecular flexibility index (Phi) is 4.40. The molecule has 2 aromatic carbocycles. The molecule has 0 amide bonds. The van der Waals surface area contributed by atoms with Crippen LogP contribution >= 0.6 is 27.5 Å². The van der Waals surface area contributed by atoms with E-state index in [2.05, 4.69) is 33.4 Å². The number of nitro groups is 1. The van der Waals surface area contributed by atoms with Crippen LogP contribution in [0.2, 0.25) is 5.02 Å². The number of nitro benzene ring substituents is 1. The molecule has 5 nitrogen and oxygen atoms in total. The lowest BCUT2D eigenvalue weighted by Crippen LogP contribution is -2.30. The first-order valence-electron chi connectivity index (χ1n) is 8.24. The molecular formula is C19H16BrClN2O3. The molecule has 0 saturated carbocycles. The summed E-state index contributed by atoms with van der Waals surface area (Å²) >= 11 is 9.94. The molecule has 0 radical (unpaired) electrons. The van der Waals surface area contributed by atoms with Crippen LogP contribution in [0, 0.1) is 16.0 Å². The van der Waals surface area contributed by atoms with Crippen molar-refractivity contribution in [3.63, 3.8) is 0 Å². The number of allylic oxidation sites excluding steroid dienone is 2. The zero-order chi connectivity index (χ0) is 18.4. The minimum absolute atomic E-state index is 0.0564. The fourth-order valence-electron chi connectivity index (χ4n) is 4.07. The maximum absolute atomic E-state index is 11.6. The Morgan fingerprint density at radius 2 is 2.15 bits per heavy atom. The molecular weight excluding hydrogens is 420 g/mol. The standard InChI is InChI=1S/C19H16BrClN2O3/c1-26-16-8-5-10(20)9-13(16)18-12-4-2-3-11(12)17-15(23(24)25)7-6-14(21)19(17)22-18/h2-3,5-9,11-12,18,22H,4H2,1H3/t11-,12-,18+/m0/s1. The number of nitrogens with zero attached hydrogens (tertiary/aromatic N) is 1. The number of benzene rings is 2. The van der Waals surface area contributed by atoms with Gasteiger partial charge < -0.3 is 10.1 Å². The summed E-state index contributed by atoms with van der Waals surface area (Å²) in [6.45, 7) is 0. The minimum Gasteiger partial charge on any atom is -0.496 e. The monoisotopic (exact) mass is 434 g/mol. The summed E-state index contributed by atoms with van der Waals surface area (Å²) in [5.41, 5.74) is 2.43. The molecule has 0 unspecified atom stereocenters. The van der Waals surface area contributed by atoms with Crippen molar-refractivity contribution in [2.24, 2.45) is 5.92 Å². The molecule has 4 rings (SSSR count). The smallest absolute Gasteiger partial charge is 0.275 e. The predicted octanol–water partition coefficient (Wildman–Crippen LogP) is 5.85. The first-order chi connectivity index (χ1) is 12.5. The molecule has 0 bridgehead atoms. The molecule has 0 fully saturated rings. The van der Waals surface area contributed by atoms with Gasteiger partial charge in [0.05, 0.1) is 34.3 Å². The maximum Gasteiger partial charge on any atom is 0.275 e. The SMILES string of the molecule is COc1ccc(Br)cc1[C@@H]1Nc2c(Cl)ccc([N+](=O)[O-])c2[C@H]2C=CC[C@@H]21. The predicted molar refractivity (Wildman–Crippen MR) is 105 cm³/mol. The van der Waals surface area contributed by atoms with Crippen LogP contribution in [0.3, 0.4) is 0 Å². The van der Waals surface area contributed by atoms with E-state index >= 15 is 0 Å². The Labute approximate surface area is 164 Å². The van der Waals surface area contributed by atoms with Crippen molar-refractivity contribution in [3.05, 3.63) is 73.2 Å². The summed E-state index contributed by atoms with van der Waals surface area (Å²) < 4.78 is 6.51. The number of ether oxygens (including phenoxy) is 1. The zero-order valence-corrected chi connectivity index (χ0v) is 16.3. The number of nitrogens with one attached hydrogen (secondary N) is 1. The average molecular weight is 436 g/mol. The molecule has 0 spiro atoms. The Balaban J connectivity index is 1.90. The lowest BCUT2D eigenvalue weighted by atomic mass is 9.76. The van der Waals surface area contributed by atoms with E-state index in [-0.39, 0.29) is 28.5 Å². The molecule has 1 aliphatic carbocycles. The van der Waals surface area contributed by atoms with Gasteiger partial charge >= 0.3 is 0 Å². The third kappa shape index (κ3) is 2.68. The fraction of sp³-hybridized carbons (Fsp3) is 0.263. The lowest BCUT2D eigenvalue weighted by molar-refractivity contribution is -0.385. The molecule has 2 aliphatic rings. The Bertz CT molecular complexity index is 931. The van der Waals surface area contributed by atoms with Gasteiger partial charge in [-0.05, 0) is 36.6 Å². The Hall–Kier alpha value is -2.05. The van der Waals surface area contributed by atoms with Crippen molar-refractivity contribution in [1.29, 1.82) is 0 Å². The second kappa shape index (κ2) is 6.59. The first-order valence-corrected chi connectivity index (χ1v) is 9.41. The average Bonchev–Trinajstić information content (AvgIpc) is 3.11. The van der Waals surface area contributed by atoms with Gasteiger partial charge in [-0.2, -0.15) is 0 Å². The van der Waals surface area contributed by atoms with Crippen LogP contribution in [0.15, 0.2) is 47.0 Å². The first kappa shape index (κ1) is 17.4. The summed E-state index contributed by atoms with van der Waals surface area (Å²) in [5, 5.41) is 15.5. The van der Waals surface area contributed by atoms with E-state index in [0.717, 1.165) is 22.2 Å². The van der Waals surface area contributed by atoms with E-state index in [4.69, 9.17) is 16.3 Å². The zero-order valence-electron chi connectivity index (χ0n) is 13.9. The lowest BCUT2D eigenvalue weighted by Gasteiger charge is -2.38. The third-order valence-corrected chi connectivity index (χ3v) is 5.98. The highest BCUT2D eigenvalue weighted by Crippen LogP contribution is 2.55. The molecule has 1 N–H and O–H groups in total. The van der Waals surface area contributed by atoms with Gasteiger partial charge in [-0.3, -0.25) is 10.1 Å². The van der Waals surface area contributed by atoms with Crippen molar-refractivity contribution in [2.75, 3.05) is 12.4 Å². The largest absolute Gasteiger partial charge is 0.496 e. The van der Waals surface area contributed by atoms with Crippen LogP contribution in [0.5, 0.6) is 5.75 Å². The molecule has 26 heavy (non-hydrogen) atoms. The number of methoxy groups -OCH3 is 1. The summed E-state index contributed by atoms with van der Waals surface area (Å²) in [6, 6.07) is 8.90. The Morgan fingerprint density at radius 1 is 1.35 bits per heavy atom. The van der Waals surface area contributed by atoms with E-state index < -0.39 is 0 Å². The van der Waals surface area contributed by atoms with Gasteiger partial charge in [0.25, 0.3) is 5.69 Å². The van der Waals surface area contributed by atoms with Gasteiger partial charge in [-0.25, -0.2) is 0 Å². The third-order valence-electron chi connectivity index (χ3n) is 5.17. The number of anilines is 1. The van der Waals surface area contributed by atoms with Crippen LogP contribution in [0.4, 0.5) is 11.4 Å². The number of hydrogen-bond acceptors (Lipinski definition) is 4. The van der Waals surface area contributed by atoms with Gasteiger partial charge in [0.2, 0.25) is 0 Å². The van der Waals surface area contributed by atoms with Crippen LogP contribution in [0.1, 0.15) is 29.5 Å². The summed E-state index contributed by atoms with van der Waals surface area (Å²) in [7, 11) is 1.64. The van der Waals surface area contributed by atoms with Gasteiger partial charge in [0.15, 0.2) is 0 Å². The highest BCUT2D eigenvalue weighted by Gasteiger charge is 2.43. The van der Waals surface area contributed by atoms with E-state index in [1.165, 1.54) is 6.07 Å². The van der Waals surface area contributed by atoms with E-state index in [9.17, 15) is 10.1 Å². The van der Waals surface area contributed by atoms with Crippen molar-refractivity contribution < 1.29 is 9.66 Å². The minimum atomic E-state index is -0.333. The second-order valence-corrected chi connectivity index (χ2v) is 7.80. The molecule has 3 atom stereocenters. The van der Waals surface area contributed by atoms with Crippen molar-refractivity contribution >= 4 is 38.9 Å². The number of fused-ring (bicyclic) bond motifs is 3. The quantitative estimate of drug-likeness (QED) is 0.373. The normalized spacial score (nSPS) is 23.1. The van der Waals surface area contributed by atoms with Crippen molar-refractivity contribution in [1.82, 2.24) is 0 Å². The number of rotatable bonds is 3. The molecule has 1 heterocycles. The highest BCUT2D eigenvalue weighted by atomic mass is 79.9.